The van der Waals surface area contributed by atoms with E-state index in [-0.39, 0.29) is 11.4 Å². The Morgan fingerprint density at radius 3 is 2.29 bits per heavy atom. The van der Waals surface area contributed by atoms with Crippen LogP contribution in [-0.4, -0.2) is 46.9 Å². The third-order valence-corrected chi connectivity index (χ3v) is 5.76. The highest BCUT2D eigenvalue weighted by Crippen LogP contribution is 2.28. The topological polar surface area (TPSA) is 65.1 Å². The SMILES string of the molecule is COc1ccc(CCN(C)S(=O)(=O)c2cccc(OC(F)(F)F)c2)cc1OC. The predicted octanol–water partition coefficient (Wildman–Crippen LogP) is 3.47. The number of likely N-dealkylation sites (N-methyl/N-ethyl adjacent to an activating group) is 1. The molecule has 0 unspecified atom stereocenters. The van der Waals surface area contributed by atoms with Crippen molar-refractivity contribution in [2.45, 2.75) is 17.7 Å². The molecule has 2 aromatic carbocycles. The molecule has 10 heteroatoms. The standard InChI is InChI=1S/C18H20F3NO5S/c1-22(10-9-13-7-8-16(25-2)17(11-13)26-3)28(23,24)15-6-4-5-14(12-15)27-18(19,20)21/h4-8,11-12H,9-10H2,1-3H3. The van der Waals surface area contributed by atoms with E-state index in [2.05, 4.69) is 4.74 Å². The first-order valence-corrected chi connectivity index (χ1v) is 9.54. The van der Waals surface area contributed by atoms with Gasteiger partial charge >= 0.3 is 6.36 Å². The lowest BCUT2D eigenvalue weighted by atomic mass is 10.1. The second-order valence-electron chi connectivity index (χ2n) is 5.79. The maximum Gasteiger partial charge on any atom is 0.573 e. The summed E-state index contributed by atoms with van der Waals surface area (Å²) in [7, 11) is 0.372. The Labute approximate surface area is 161 Å². The lowest BCUT2D eigenvalue weighted by Crippen LogP contribution is -2.29. The quantitative estimate of drug-likeness (QED) is 0.656. The summed E-state index contributed by atoms with van der Waals surface area (Å²) in [6.07, 6.45) is -4.53. The van der Waals surface area contributed by atoms with E-state index in [0.29, 0.717) is 17.9 Å². The molecule has 28 heavy (non-hydrogen) atoms. The van der Waals surface area contributed by atoms with Gasteiger partial charge in [0.05, 0.1) is 19.1 Å². The van der Waals surface area contributed by atoms with Crippen LogP contribution < -0.4 is 14.2 Å². The number of methoxy groups -OCH3 is 2. The van der Waals surface area contributed by atoms with Crippen molar-refractivity contribution in [2.75, 3.05) is 27.8 Å². The Kier molecular flexibility index (Phi) is 6.78. The van der Waals surface area contributed by atoms with Gasteiger partial charge in [0, 0.05) is 19.7 Å². The fourth-order valence-electron chi connectivity index (χ4n) is 2.45. The van der Waals surface area contributed by atoms with Gasteiger partial charge in [0.15, 0.2) is 11.5 Å². The van der Waals surface area contributed by atoms with Crippen molar-refractivity contribution in [2.24, 2.45) is 0 Å². The van der Waals surface area contributed by atoms with Gasteiger partial charge in [0.2, 0.25) is 10.0 Å². The van der Waals surface area contributed by atoms with Crippen molar-refractivity contribution in [3.05, 3.63) is 48.0 Å². The first-order valence-electron chi connectivity index (χ1n) is 8.10. The van der Waals surface area contributed by atoms with Crippen molar-refractivity contribution in [3.63, 3.8) is 0 Å². The minimum Gasteiger partial charge on any atom is -0.493 e. The second-order valence-corrected chi connectivity index (χ2v) is 7.83. The summed E-state index contributed by atoms with van der Waals surface area (Å²) in [6.45, 7) is 0.113. The van der Waals surface area contributed by atoms with E-state index in [9.17, 15) is 21.6 Å². The van der Waals surface area contributed by atoms with Crippen LogP contribution in [0.4, 0.5) is 13.2 Å². The first-order chi connectivity index (χ1) is 13.1. The molecule has 154 valence electrons. The van der Waals surface area contributed by atoms with Crippen LogP contribution >= 0.6 is 0 Å². The van der Waals surface area contributed by atoms with Gasteiger partial charge in [0.25, 0.3) is 0 Å². The summed E-state index contributed by atoms with van der Waals surface area (Å²) in [5.41, 5.74) is 0.814. The predicted molar refractivity (Wildman–Crippen MR) is 96.2 cm³/mol. The highest BCUT2D eigenvalue weighted by Gasteiger charge is 2.31. The monoisotopic (exact) mass is 419 g/mol. The molecule has 2 rings (SSSR count). The maximum atomic E-state index is 12.6. The van der Waals surface area contributed by atoms with Crippen LogP contribution in [0.1, 0.15) is 5.56 Å². The molecule has 2 aromatic rings. The number of benzene rings is 2. The lowest BCUT2D eigenvalue weighted by molar-refractivity contribution is -0.274. The van der Waals surface area contributed by atoms with Gasteiger partial charge in [-0.1, -0.05) is 12.1 Å². The lowest BCUT2D eigenvalue weighted by Gasteiger charge is -2.18. The number of alkyl halides is 3. The fourth-order valence-corrected chi connectivity index (χ4v) is 3.66. The highest BCUT2D eigenvalue weighted by molar-refractivity contribution is 7.89. The third-order valence-electron chi connectivity index (χ3n) is 3.91. The molecule has 0 saturated carbocycles. The van der Waals surface area contributed by atoms with Gasteiger partial charge in [-0.2, -0.15) is 0 Å². The number of halogens is 3. The summed E-state index contributed by atoms with van der Waals surface area (Å²) in [6, 6.07) is 9.50. The van der Waals surface area contributed by atoms with Crippen LogP contribution in [0.3, 0.4) is 0 Å². The van der Waals surface area contributed by atoms with Gasteiger partial charge in [-0.05, 0) is 36.2 Å². The summed E-state index contributed by atoms with van der Waals surface area (Å²) in [5.74, 6) is 0.470. The summed E-state index contributed by atoms with van der Waals surface area (Å²) < 4.78 is 77.5. The first kappa shape index (κ1) is 21.8. The fraction of sp³-hybridized carbons (Fsp3) is 0.333. The molecule has 0 bridgehead atoms. The molecule has 0 aliphatic rings. The summed E-state index contributed by atoms with van der Waals surface area (Å²) in [5, 5.41) is 0. The van der Waals surface area contributed by atoms with Gasteiger partial charge in [-0.25, -0.2) is 12.7 Å². The minimum absolute atomic E-state index is 0.113. The average Bonchev–Trinajstić information content (AvgIpc) is 2.64. The van der Waals surface area contributed by atoms with Gasteiger partial charge < -0.3 is 14.2 Å². The van der Waals surface area contributed by atoms with Crippen LogP contribution in [0.15, 0.2) is 47.4 Å². The Morgan fingerprint density at radius 2 is 1.68 bits per heavy atom. The van der Waals surface area contributed by atoms with Gasteiger partial charge in [-0.15, -0.1) is 13.2 Å². The zero-order valence-electron chi connectivity index (χ0n) is 15.5. The molecule has 6 nitrogen and oxygen atoms in total. The molecule has 0 N–H and O–H groups in total. The number of sulfonamides is 1. The van der Waals surface area contributed by atoms with Crippen molar-refractivity contribution in [3.8, 4) is 17.2 Å². The van der Waals surface area contributed by atoms with Crippen molar-refractivity contribution < 1.29 is 35.8 Å². The molecule has 0 radical (unpaired) electrons. The van der Waals surface area contributed by atoms with Crippen LogP contribution in [-0.2, 0) is 16.4 Å². The number of hydrogen-bond acceptors (Lipinski definition) is 5. The van der Waals surface area contributed by atoms with E-state index in [0.717, 1.165) is 22.0 Å². The molecule has 0 aromatic heterocycles. The Morgan fingerprint density at radius 1 is 1.00 bits per heavy atom. The average molecular weight is 419 g/mol. The van der Waals surface area contributed by atoms with E-state index >= 15 is 0 Å². The molecule has 0 aliphatic heterocycles. The number of ether oxygens (including phenoxy) is 3. The van der Waals surface area contributed by atoms with Gasteiger partial charge in [-0.3, -0.25) is 0 Å². The van der Waals surface area contributed by atoms with Crippen LogP contribution in [0.2, 0.25) is 0 Å². The summed E-state index contributed by atoms with van der Waals surface area (Å²) in [4.78, 5) is -0.288. The third kappa shape index (κ3) is 5.52. The summed E-state index contributed by atoms with van der Waals surface area (Å²) >= 11 is 0. The Hall–Kier alpha value is -2.46. The molecule has 0 heterocycles. The smallest absolute Gasteiger partial charge is 0.493 e. The van der Waals surface area contributed by atoms with Crippen LogP contribution in [0.5, 0.6) is 17.2 Å². The normalized spacial score (nSPS) is 12.1. The van der Waals surface area contributed by atoms with E-state index in [1.54, 1.807) is 18.2 Å². The van der Waals surface area contributed by atoms with Crippen LogP contribution in [0, 0.1) is 0 Å². The van der Waals surface area contributed by atoms with E-state index in [1.165, 1.54) is 33.4 Å². The van der Waals surface area contributed by atoms with Crippen molar-refractivity contribution in [1.29, 1.82) is 0 Å². The number of hydrogen-bond donors (Lipinski definition) is 0. The maximum absolute atomic E-state index is 12.6. The molecule has 0 saturated heterocycles. The van der Waals surface area contributed by atoms with E-state index < -0.39 is 22.1 Å². The molecule has 0 spiro atoms. The Bertz CT molecular complexity index is 916. The Balaban J connectivity index is 2.13. The second kappa shape index (κ2) is 8.70. The minimum atomic E-state index is -4.90. The number of nitrogens with zero attached hydrogens (tertiary/aromatic N) is 1. The molecular weight excluding hydrogens is 399 g/mol. The van der Waals surface area contributed by atoms with Crippen molar-refractivity contribution in [1.82, 2.24) is 4.31 Å². The van der Waals surface area contributed by atoms with E-state index in [1.807, 2.05) is 0 Å². The molecular formula is C18H20F3NO5S. The van der Waals surface area contributed by atoms with E-state index in [4.69, 9.17) is 9.47 Å². The largest absolute Gasteiger partial charge is 0.573 e. The molecule has 0 fully saturated rings. The molecule has 0 amide bonds. The molecule has 0 atom stereocenters. The van der Waals surface area contributed by atoms with Gasteiger partial charge in [0.1, 0.15) is 5.75 Å². The zero-order valence-corrected chi connectivity index (χ0v) is 16.3. The molecule has 0 aliphatic carbocycles. The number of rotatable bonds is 8. The zero-order chi connectivity index (χ0) is 20.9. The van der Waals surface area contributed by atoms with Crippen molar-refractivity contribution >= 4 is 10.0 Å². The van der Waals surface area contributed by atoms with Crippen LogP contribution in [0.25, 0.3) is 0 Å². The highest BCUT2D eigenvalue weighted by atomic mass is 32.2.